The molecule has 0 radical (unpaired) electrons. The molecular weight excluding hydrogens is 413 g/mol. The highest BCUT2D eigenvalue weighted by atomic mass is 35.5. The average molecular weight is 442 g/mol. The molecular formula is C24H29BClNO4. The van der Waals surface area contributed by atoms with Crippen molar-refractivity contribution in [1.29, 1.82) is 0 Å². The van der Waals surface area contributed by atoms with Crippen LogP contribution >= 0.6 is 11.6 Å². The van der Waals surface area contributed by atoms with Crippen LogP contribution in [-0.2, 0) is 20.7 Å². The minimum absolute atomic E-state index is 0.200. The number of amides is 1. The maximum absolute atomic E-state index is 12.3. The van der Waals surface area contributed by atoms with Crippen molar-refractivity contribution >= 4 is 30.9 Å². The molecule has 3 rings (SSSR count). The first-order valence-corrected chi connectivity index (χ1v) is 10.7. The Bertz CT molecular complexity index is 923. The smallest absolute Gasteiger partial charge is 0.445 e. The molecule has 0 bridgehead atoms. The number of aryl methyl sites for hydroxylation is 1. The van der Waals surface area contributed by atoms with Crippen LogP contribution in [-0.4, -0.2) is 31.0 Å². The van der Waals surface area contributed by atoms with Crippen LogP contribution in [0.15, 0.2) is 54.0 Å². The van der Waals surface area contributed by atoms with Gasteiger partial charge in [-0.2, -0.15) is 0 Å². The lowest BCUT2D eigenvalue weighted by Gasteiger charge is -2.32. The van der Waals surface area contributed by atoms with E-state index in [9.17, 15) is 4.79 Å². The lowest BCUT2D eigenvalue weighted by Crippen LogP contribution is -2.41. The van der Waals surface area contributed by atoms with Gasteiger partial charge in [-0.15, -0.1) is 0 Å². The van der Waals surface area contributed by atoms with E-state index >= 15 is 0 Å². The van der Waals surface area contributed by atoms with E-state index in [1.807, 2.05) is 89.2 Å². The molecule has 2 aromatic carbocycles. The monoisotopic (exact) mass is 441 g/mol. The number of ether oxygens (including phenoxy) is 1. The van der Waals surface area contributed by atoms with Gasteiger partial charge in [0.05, 0.1) is 11.2 Å². The number of benzene rings is 2. The van der Waals surface area contributed by atoms with Gasteiger partial charge in [-0.3, -0.25) is 0 Å². The van der Waals surface area contributed by atoms with Crippen LogP contribution in [0.2, 0.25) is 5.02 Å². The van der Waals surface area contributed by atoms with Crippen molar-refractivity contribution in [2.75, 3.05) is 6.54 Å². The van der Waals surface area contributed by atoms with Gasteiger partial charge in [-0.05, 0) is 62.8 Å². The number of carbonyl (C=O) groups excluding carboxylic acids is 1. The Labute approximate surface area is 189 Å². The zero-order valence-corrected chi connectivity index (χ0v) is 19.5. The van der Waals surface area contributed by atoms with E-state index in [0.29, 0.717) is 5.02 Å². The van der Waals surface area contributed by atoms with E-state index in [-0.39, 0.29) is 13.2 Å². The molecule has 1 N–H and O–H groups in total. The second kappa shape index (κ2) is 9.47. The van der Waals surface area contributed by atoms with Crippen LogP contribution in [0.5, 0.6) is 0 Å². The summed E-state index contributed by atoms with van der Waals surface area (Å²) in [5.74, 6) is 0. The average Bonchev–Trinajstić information content (AvgIpc) is 2.93. The molecule has 2 aromatic rings. The topological polar surface area (TPSA) is 56.8 Å². The fourth-order valence-corrected chi connectivity index (χ4v) is 3.43. The molecule has 1 saturated heterocycles. The number of hydrogen-bond donors (Lipinski definition) is 1. The summed E-state index contributed by atoms with van der Waals surface area (Å²) in [7, 11) is -0.616. The van der Waals surface area contributed by atoms with E-state index in [1.165, 1.54) is 0 Å². The van der Waals surface area contributed by atoms with E-state index in [4.69, 9.17) is 25.6 Å². The summed E-state index contributed by atoms with van der Waals surface area (Å²) >= 11 is 6.43. The minimum Gasteiger partial charge on any atom is -0.445 e. The molecule has 164 valence electrons. The molecule has 1 fully saturated rings. The maximum Gasteiger partial charge on any atom is 0.492 e. The van der Waals surface area contributed by atoms with Gasteiger partial charge in [0.15, 0.2) is 0 Å². The number of halogens is 1. The van der Waals surface area contributed by atoms with Gasteiger partial charge >= 0.3 is 13.2 Å². The molecule has 0 unspecified atom stereocenters. The van der Waals surface area contributed by atoms with Gasteiger partial charge in [-0.1, -0.05) is 60.1 Å². The maximum atomic E-state index is 12.3. The molecule has 0 aromatic heterocycles. The first-order valence-electron chi connectivity index (χ1n) is 10.3. The molecule has 1 heterocycles. The van der Waals surface area contributed by atoms with Gasteiger partial charge in [0.25, 0.3) is 0 Å². The number of rotatable bonds is 6. The summed E-state index contributed by atoms with van der Waals surface area (Å²) < 4.78 is 17.8. The summed E-state index contributed by atoms with van der Waals surface area (Å²) in [6, 6.07) is 15.3. The van der Waals surface area contributed by atoms with E-state index in [2.05, 4.69) is 5.32 Å². The SMILES string of the molecule is Cc1cccc(Cl)c1C=C(CNC(=O)OCc1ccccc1)B1OC(C)(C)C(C)(C)O1. The third-order valence-electron chi connectivity index (χ3n) is 5.81. The van der Waals surface area contributed by atoms with Crippen LogP contribution in [0.4, 0.5) is 4.79 Å². The molecule has 0 atom stereocenters. The molecule has 1 aliphatic rings. The van der Waals surface area contributed by atoms with Crippen LogP contribution in [0.25, 0.3) is 6.08 Å². The van der Waals surface area contributed by atoms with Gasteiger partial charge in [0, 0.05) is 11.6 Å². The van der Waals surface area contributed by atoms with Crippen LogP contribution in [0.3, 0.4) is 0 Å². The van der Waals surface area contributed by atoms with E-state index < -0.39 is 24.4 Å². The Kier molecular flexibility index (Phi) is 7.15. The third kappa shape index (κ3) is 5.70. The molecule has 0 spiro atoms. The van der Waals surface area contributed by atoms with Crippen molar-refractivity contribution < 1.29 is 18.8 Å². The van der Waals surface area contributed by atoms with E-state index in [1.54, 1.807) is 0 Å². The summed E-state index contributed by atoms with van der Waals surface area (Å²) in [5.41, 5.74) is 2.57. The van der Waals surface area contributed by atoms with Gasteiger partial charge in [0.1, 0.15) is 6.61 Å². The Balaban J connectivity index is 1.77. The predicted octanol–water partition coefficient (Wildman–Crippen LogP) is 5.59. The second-order valence-corrected chi connectivity index (χ2v) is 9.10. The fraction of sp³-hybridized carbons (Fsp3) is 0.375. The van der Waals surface area contributed by atoms with Gasteiger partial charge in [-0.25, -0.2) is 4.79 Å². The normalized spacial score (nSPS) is 17.5. The highest BCUT2D eigenvalue weighted by Gasteiger charge is 2.52. The third-order valence-corrected chi connectivity index (χ3v) is 6.14. The zero-order valence-electron chi connectivity index (χ0n) is 18.7. The first-order chi connectivity index (χ1) is 14.6. The number of hydrogen-bond acceptors (Lipinski definition) is 4. The van der Waals surface area contributed by atoms with Crippen molar-refractivity contribution in [3.05, 3.63) is 75.7 Å². The quantitative estimate of drug-likeness (QED) is 0.594. The first kappa shape index (κ1) is 23.4. The number of carbonyl (C=O) groups is 1. The highest BCUT2D eigenvalue weighted by molar-refractivity contribution is 6.56. The Hall–Kier alpha value is -2.28. The van der Waals surface area contributed by atoms with Crippen LogP contribution < -0.4 is 5.32 Å². The molecule has 5 nitrogen and oxygen atoms in total. The van der Waals surface area contributed by atoms with Gasteiger partial charge in [0.2, 0.25) is 0 Å². The summed E-state index contributed by atoms with van der Waals surface area (Å²) in [6.07, 6.45) is 1.42. The summed E-state index contributed by atoms with van der Waals surface area (Å²) in [6.45, 7) is 10.4. The Morgan fingerprint density at radius 3 is 2.32 bits per heavy atom. The van der Waals surface area contributed by atoms with Gasteiger partial charge < -0.3 is 19.4 Å². The molecule has 0 aliphatic carbocycles. The van der Waals surface area contributed by atoms with Crippen LogP contribution in [0, 0.1) is 6.92 Å². The zero-order chi connectivity index (χ0) is 22.6. The Morgan fingerprint density at radius 2 is 1.71 bits per heavy atom. The van der Waals surface area contributed by atoms with Crippen molar-refractivity contribution in [1.82, 2.24) is 5.32 Å². The van der Waals surface area contributed by atoms with E-state index in [0.717, 1.165) is 22.2 Å². The molecule has 1 amide bonds. The lowest BCUT2D eigenvalue weighted by molar-refractivity contribution is 0.00578. The summed E-state index contributed by atoms with van der Waals surface area (Å²) in [4.78, 5) is 12.3. The number of alkyl carbamates (subject to hydrolysis) is 1. The molecule has 7 heteroatoms. The standard InChI is InChI=1S/C24H29BClNO4/c1-17-10-9-13-21(26)20(17)14-19(25-30-23(2,3)24(4,5)31-25)15-27-22(28)29-16-18-11-7-6-8-12-18/h6-14H,15-16H2,1-5H3,(H,27,28). The second-order valence-electron chi connectivity index (χ2n) is 8.69. The fourth-order valence-electron chi connectivity index (χ4n) is 3.16. The predicted molar refractivity (Wildman–Crippen MR) is 125 cm³/mol. The largest absolute Gasteiger partial charge is 0.492 e. The van der Waals surface area contributed by atoms with Crippen molar-refractivity contribution in [2.24, 2.45) is 0 Å². The van der Waals surface area contributed by atoms with Crippen molar-refractivity contribution in [3.63, 3.8) is 0 Å². The molecule has 1 aliphatic heterocycles. The number of nitrogens with one attached hydrogen (secondary N) is 1. The van der Waals surface area contributed by atoms with Crippen molar-refractivity contribution in [2.45, 2.75) is 52.4 Å². The highest BCUT2D eigenvalue weighted by Crippen LogP contribution is 2.39. The minimum atomic E-state index is -0.616. The van der Waals surface area contributed by atoms with Crippen molar-refractivity contribution in [3.8, 4) is 0 Å². The molecule has 31 heavy (non-hydrogen) atoms. The van der Waals surface area contributed by atoms with Crippen LogP contribution in [0.1, 0.15) is 44.4 Å². The summed E-state index contributed by atoms with van der Waals surface area (Å²) in [5, 5.41) is 3.44. The molecule has 0 saturated carbocycles. The Morgan fingerprint density at radius 1 is 1.06 bits per heavy atom. The lowest BCUT2D eigenvalue weighted by atomic mass is 9.76.